The van der Waals surface area contributed by atoms with Gasteiger partial charge in [0.2, 0.25) is 10.0 Å². The van der Waals surface area contributed by atoms with Gasteiger partial charge in [0, 0.05) is 18.8 Å². The van der Waals surface area contributed by atoms with Crippen LogP contribution in [0.4, 0.5) is 5.69 Å². The molecule has 0 bridgehead atoms. The van der Waals surface area contributed by atoms with E-state index < -0.39 is 33.9 Å². The predicted octanol–water partition coefficient (Wildman–Crippen LogP) is 3.67. The van der Waals surface area contributed by atoms with E-state index in [4.69, 9.17) is 9.47 Å². The lowest BCUT2D eigenvalue weighted by Crippen LogP contribution is -2.41. The van der Waals surface area contributed by atoms with Gasteiger partial charge in [-0.15, -0.1) is 0 Å². The van der Waals surface area contributed by atoms with E-state index in [9.17, 15) is 18.0 Å². The molecule has 184 valence electrons. The first-order valence-corrected chi connectivity index (χ1v) is 12.9. The first-order chi connectivity index (χ1) is 16.1. The topological polar surface area (TPSA) is 102 Å². The van der Waals surface area contributed by atoms with Crippen LogP contribution < -0.4 is 10.1 Å². The molecule has 1 unspecified atom stereocenters. The molecule has 1 saturated heterocycles. The Hall–Kier alpha value is -2.91. The Bertz CT molecular complexity index is 1120. The fraction of sp³-hybridized carbons (Fsp3) is 0.440. The van der Waals surface area contributed by atoms with Gasteiger partial charge in [-0.25, -0.2) is 8.42 Å². The fourth-order valence-corrected chi connectivity index (χ4v) is 5.34. The number of anilines is 1. The highest BCUT2D eigenvalue weighted by Gasteiger charge is 2.34. The van der Waals surface area contributed by atoms with Crippen molar-refractivity contribution >= 4 is 27.6 Å². The zero-order valence-electron chi connectivity index (χ0n) is 20.0. The zero-order chi connectivity index (χ0) is 24.9. The number of amides is 1. The first-order valence-electron chi connectivity index (χ1n) is 11.4. The van der Waals surface area contributed by atoms with Crippen molar-refractivity contribution in [3.63, 3.8) is 0 Å². The molecule has 1 N–H and O–H groups in total. The molecule has 9 heteroatoms. The van der Waals surface area contributed by atoms with Gasteiger partial charge in [0.25, 0.3) is 5.91 Å². The monoisotopic (exact) mass is 488 g/mol. The molecule has 1 aliphatic rings. The molecule has 0 saturated carbocycles. The highest BCUT2D eigenvalue weighted by atomic mass is 32.2. The van der Waals surface area contributed by atoms with Gasteiger partial charge in [-0.3, -0.25) is 9.59 Å². The van der Waals surface area contributed by atoms with E-state index >= 15 is 0 Å². The molecule has 0 radical (unpaired) electrons. The Balaban J connectivity index is 1.53. The van der Waals surface area contributed by atoms with Crippen molar-refractivity contribution in [1.29, 1.82) is 0 Å². The summed E-state index contributed by atoms with van der Waals surface area (Å²) in [7, 11) is -3.66. The number of nitrogens with zero attached hydrogens (tertiary/aromatic N) is 1. The molecule has 1 atom stereocenters. The molecule has 2 aromatic carbocycles. The van der Waals surface area contributed by atoms with Crippen LogP contribution in [0.1, 0.15) is 37.8 Å². The van der Waals surface area contributed by atoms with Crippen LogP contribution in [0.5, 0.6) is 5.75 Å². The van der Waals surface area contributed by atoms with Crippen molar-refractivity contribution < 1.29 is 27.5 Å². The van der Waals surface area contributed by atoms with Crippen molar-refractivity contribution in [2.75, 3.05) is 25.0 Å². The minimum absolute atomic E-state index is 0.189. The molecule has 1 heterocycles. The summed E-state index contributed by atoms with van der Waals surface area (Å²) in [6.45, 7) is 8.17. The van der Waals surface area contributed by atoms with Gasteiger partial charge in [0.05, 0.1) is 17.4 Å². The van der Waals surface area contributed by atoms with Crippen LogP contribution in [0, 0.1) is 19.8 Å². The minimum Gasteiger partial charge on any atom is -0.494 e. The second kappa shape index (κ2) is 11.0. The van der Waals surface area contributed by atoms with Crippen LogP contribution in [0.25, 0.3) is 0 Å². The molecule has 1 aliphatic heterocycles. The maximum absolute atomic E-state index is 12.9. The minimum atomic E-state index is -3.66. The third kappa shape index (κ3) is 6.15. The number of nitrogens with one attached hydrogen (secondary N) is 1. The quantitative estimate of drug-likeness (QED) is 0.569. The summed E-state index contributed by atoms with van der Waals surface area (Å²) >= 11 is 0. The van der Waals surface area contributed by atoms with E-state index in [1.54, 1.807) is 12.1 Å². The Morgan fingerprint density at radius 3 is 2.32 bits per heavy atom. The lowest BCUT2D eigenvalue weighted by molar-refractivity contribution is -0.158. The van der Waals surface area contributed by atoms with Crippen molar-refractivity contribution in [2.24, 2.45) is 5.92 Å². The van der Waals surface area contributed by atoms with E-state index in [0.29, 0.717) is 30.9 Å². The molecule has 2 aromatic rings. The van der Waals surface area contributed by atoms with Gasteiger partial charge >= 0.3 is 5.97 Å². The second-order valence-corrected chi connectivity index (χ2v) is 10.4. The van der Waals surface area contributed by atoms with Gasteiger partial charge in [-0.05, 0) is 76.4 Å². The highest BCUT2D eigenvalue weighted by Crippen LogP contribution is 2.26. The summed E-state index contributed by atoms with van der Waals surface area (Å²) in [6.07, 6.45) is -0.292. The number of esters is 1. The SMILES string of the molecule is CCOc1ccc(S(=O)(=O)N2CCC(C(=O)OC(C)C(=O)Nc3ccc(C)cc3C)CC2)cc1. The number of hydrogen-bond acceptors (Lipinski definition) is 6. The Morgan fingerprint density at radius 2 is 1.74 bits per heavy atom. The summed E-state index contributed by atoms with van der Waals surface area (Å²) < 4.78 is 38.0. The average Bonchev–Trinajstić information content (AvgIpc) is 2.81. The number of sulfonamides is 1. The van der Waals surface area contributed by atoms with Crippen LogP contribution >= 0.6 is 0 Å². The number of carbonyl (C=O) groups is 2. The van der Waals surface area contributed by atoms with Gasteiger partial charge < -0.3 is 14.8 Å². The van der Waals surface area contributed by atoms with E-state index in [1.165, 1.54) is 23.4 Å². The molecule has 34 heavy (non-hydrogen) atoms. The molecule has 0 aromatic heterocycles. The van der Waals surface area contributed by atoms with Crippen molar-refractivity contribution in [3.8, 4) is 5.75 Å². The summed E-state index contributed by atoms with van der Waals surface area (Å²) in [5.41, 5.74) is 2.69. The molecule has 3 rings (SSSR count). The first kappa shape index (κ1) is 25.7. The number of rotatable bonds is 8. The summed E-state index contributed by atoms with van der Waals surface area (Å²) in [6, 6.07) is 12.0. The van der Waals surface area contributed by atoms with E-state index in [1.807, 2.05) is 39.0 Å². The fourth-order valence-electron chi connectivity index (χ4n) is 3.87. The lowest BCUT2D eigenvalue weighted by atomic mass is 9.98. The van der Waals surface area contributed by atoms with Gasteiger partial charge in [0.15, 0.2) is 6.10 Å². The summed E-state index contributed by atoms with van der Waals surface area (Å²) in [5.74, 6) is -0.737. The second-order valence-electron chi connectivity index (χ2n) is 8.47. The van der Waals surface area contributed by atoms with E-state index in [0.717, 1.165) is 11.1 Å². The molecule has 0 spiro atoms. The van der Waals surface area contributed by atoms with Crippen LogP contribution in [0.3, 0.4) is 0 Å². The van der Waals surface area contributed by atoms with E-state index in [-0.39, 0.29) is 18.0 Å². The van der Waals surface area contributed by atoms with Crippen LogP contribution in [0.2, 0.25) is 0 Å². The third-order valence-electron chi connectivity index (χ3n) is 5.86. The molecule has 0 aliphatic carbocycles. The number of carbonyl (C=O) groups excluding carboxylic acids is 2. The zero-order valence-corrected chi connectivity index (χ0v) is 20.9. The molecule has 1 amide bonds. The largest absolute Gasteiger partial charge is 0.494 e. The van der Waals surface area contributed by atoms with Crippen molar-refractivity contribution in [1.82, 2.24) is 4.31 Å². The maximum atomic E-state index is 12.9. The molecular weight excluding hydrogens is 456 g/mol. The molecule has 8 nitrogen and oxygen atoms in total. The molecular formula is C25H32N2O6S. The standard InChI is InChI=1S/C25H32N2O6S/c1-5-32-21-7-9-22(10-8-21)34(30,31)27-14-12-20(13-15-27)25(29)33-19(4)24(28)26-23-11-6-17(2)16-18(23)3/h6-11,16,19-20H,5,12-15H2,1-4H3,(H,26,28). The van der Waals surface area contributed by atoms with Crippen LogP contribution in [0.15, 0.2) is 47.4 Å². The van der Waals surface area contributed by atoms with Gasteiger partial charge in [-0.1, -0.05) is 17.7 Å². The average molecular weight is 489 g/mol. The number of piperidine rings is 1. The number of ether oxygens (including phenoxy) is 2. The normalized spacial score (nSPS) is 16.0. The maximum Gasteiger partial charge on any atom is 0.309 e. The number of benzene rings is 2. The number of aryl methyl sites for hydroxylation is 2. The van der Waals surface area contributed by atoms with Crippen molar-refractivity contribution in [3.05, 3.63) is 53.6 Å². The van der Waals surface area contributed by atoms with Crippen molar-refractivity contribution in [2.45, 2.75) is 51.5 Å². The van der Waals surface area contributed by atoms with Gasteiger partial charge in [-0.2, -0.15) is 4.31 Å². The predicted molar refractivity (Wildman–Crippen MR) is 129 cm³/mol. The highest BCUT2D eigenvalue weighted by molar-refractivity contribution is 7.89. The van der Waals surface area contributed by atoms with E-state index in [2.05, 4.69) is 5.32 Å². The smallest absolute Gasteiger partial charge is 0.309 e. The Morgan fingerprint density at radius 1 is 1.09 bits per heavy atom. The van der Waals surface area contributed by atoms with Crippen LogP contribution in [-0.4, -0.2) is 50.4 Å². The summed E-state index contributed by atoms with van der Waals surface area (Å²) in [4.78, 5) is 25.3. The Labute approximate surface area is 201 Å². The van der Waals surface area contributed by atoms with Crippen LogP contribution in [-0.2, 0) is 24.3 Å². The lowest BCUT2D eigenvalue weighted by Gasteiger charge is -2.30. The molecule has 1 fully saturated rings. The summed E-state index contributed by atoms with van der Waals surface area (Å²) in [5, 5.41) is 2.79. The third-order valence-corrected chi connectivity index (χ3v) is 7.77. The number of hydrogen-bond donors (Lipinski definition) is 1. The Kier molecular flexibility index (Phi) is 8.33. The van der Waals surface area contributed by atoms with Gasteiger partial charge in [0.1, 0.15) is 5.75 Å².